The molecule has 3 aliphatic rings. The maximum atomic E-state index is 2.85. The molecule has 1 saturated carbocycles. The lowest BCUT2D eigenvalue weighted by atomic mass is 9.86. The molecule has 110 valence electrons. The molecule has 3 rings (SSSR count). The predicted molar refractivity (Wildman–Crippen MR) is 81.4 cm³/mol. The standard InChI is InChI=1S/C17H32N2/c1-2-16-13-18-11-6-9-17(18)14-19(16)12-10-15-7-4-3-5-8-15/h15-17H,2-14H2,1H3. The lowest BCUT2D eigenvalue weighted by molar-refractivity contribution is 0.0440. The molecule has 0 N–H and O–H groups in total. The molecular formula is C17H32N2. The van der Waals surface area contributed by atoms with E-state index in [0.29, 0.717) is 0 Å². The normalized spacial score (nSPS) is 34.6. The zero-order valence-corrected chi connectivity index (χ0v) is 12.8. The van der Waals surface area contributed by atoms with Crippen molar-refractivity contribution in [1.29, 1.82) is 0 Å². The zero-order chi connectivity index (χ0) is 13.1. The molecule has 3 fully saturated rings. The van der Waals surface area contributed by atoms with Gasteiger partial charge in [-0.05, 0) is 44.7 Å². The van der Waals surface area contributed by atoms with E-state index >= 15 is 0 Å². The second-order valence-corrected chi connectivity index (χ2v) is 7.14. The highest BCUT2D eigenvalue weighted by Gasteiger charge is 2.35. The average molecular weight is 264 g/mol. The van der Waals surface area contributed by atoms with E-state index in [1.54, 1.807) is 0 Å². The summed E-state index contributed by atoms with van der Waals surface area (Å²) in [6.45, 7) is 7.86. The molecule has 2 nitrogen and oxygen atoms in total. The van der Waals surface area contributed by atoms with Gasteiger partial charge in [0.05, 0.1) is 0 Å². The monoisotopic (exact) mass is 264 g/mol. The molecule has 0 amide bonds. The van der Waals surface area contributed by atoms with Crippen molar-refractivity contribution in [1.82, 2.24) is 9.80 Å². The quantitative estimate of drug-likeness (QED) is 0.766. The van der Waals surface area contributed by atoms with Crippen molar-refractivity contribution in [3.63, 3.8) is 0 Å². The van der Waals surface area contributed by atoms with Crippen molar-refractivity contribution in [2.45, 2.75) is 76.8 Å². The third-order valence-corrected chi connectivity index (χ3v) is 5.93. The molecule has 0 aromatic heterocycles. The van der Waals surface area contributed by atoms with Crippen LogP contribution in [0, 0.1) is 5.92 Å². The first-order valence-electron chi connectivity index (χ1n) is 8.85. The summed E-state index contributed by atoms with van der Waals surface area (Å²) in [6, 6.07) is 1.74. The van der Waals surface area contributed by atoms with Gasteiger partial charge < -0.3 is 0 Å². The van der Waals surface area contributed by atoms with Crippen molar-refractivity contribution in [3.8, 4) is 0 Å². The van der Waals surface area contributed by atoms with Crippen LogP contribution < -0.4 is 0 Å². The van der Waals surface area contributed by atoms with E-state index in [2.05, 4.69) is 16.7 Å². The largest absolute Gasteiger partial charge is 0.298 e. The molecule has 2 heterocycles. The Labute approximate surface area is 119 Å². The van der Waals surface area contributed by atoms with Gasteiger partial charge in [-0.25, -0.2) is 0 Å². The summed E-state index contributed by atoms with van der Waals surface area (Å²) in [4.78, 5) is 5.62. The van der Waals surface area contributed by atoms with Crippen LogP contribution in [0.1, 0.15) is 64.7 Å². The van der Waals surface area contributed by atoms with E-state index in [1.165, 1.54) is 84.0 Å². The third-order valence-electron chi connectivity index (χ3n) is 5.93. The SMILES string of the molecule is CCC1CN2CCCC2CN1CCC1CCCCC1. The second kappa shape index (κ2) is 6.58. The van der Waals surface area contributed by atoms with Gasteiger partial charge in [-0.2, -0.15) is 0 Å². The summed E-state index contributed by atoms with van der Waals surface area (Å²) >= 11 is 0. The summed E-state index contributed by atoms with van der Waals surface area (Å²) in [6.07, 6.45) is 13.2. The third kappa shape index (κ3) is 3.33. The van der Waals surface area contributed by atoms with E-state index in [-0.39, 0.29) is 0 Å². The molecule has 2 unspecified atom stereocenters. The van der Waals surface area contributed by atoms with Crippen LogP contribution in [-0.4, -0.2) is 48.1 Å². The number of fused-ring (bicyclic) bond motifs is 1. The first-order valence-corrected chi connectivity index (χ1v) is 8.85. The number of hydrogen-bond donors (Lipinski definition) is 0. The van der Waals surface area contributed by atoms with Crippen molar-refractivity contribution in [2.75, 3.05) is 26.2 Å². The Balaban J connectivity index is 1.50. The highest BCUT2D eigenvalue weighted by atomic mass is 15.3. The maximum Gasteiger partial charge on any atom is 0.0224 e. The predicted octanol–water partition coefficient (Wildman–Crippen LogP) is 3.52. The minimum Gasteiger partial charge on any atom is -0.298 e. The smallest absolute Gasteiger partial charge is 0.0224 e. The summed E-state index contributed by atoms with van der Waals surface area (Å²) in [5, 5.41) is 0. The fourth-order valence-corrected chi connectivity index (χ4v) is 4.63. The molecule has 0 aromatic carbocycles. The molecular weight excluding hydrogens is 232 g/mol. The summed E-state index contributed by atoms with van der Waals surface area (Å²) in [5.41, 5.74) is 0. The highest BCUT2D eigenvalue weighted by Crippen LogP contribution is 2.29. The van der Waals surface area contributed by atoms with Gasteiger partial charge in [0.1, 0.15) is 0 Å². The minimum absolute atomic E-state index is 0.845. The molecule has 0 spiro atoms. The first kappa shape index (κ1) is 13.9. The van der Waals surface area contributed by atoms with Gasteiger partial charge in [-0.1, -0.05) is 39.0 Å². The van der Waals surface area contributed by atoms with E-state index in [1.807, 2.05) is 0 Å². The van der Waals surface area contributed by atoms with Crippen LogP contribution in [0.2, 0.25) is 0 Å². The van der Waals surface area contributed by atoms with Gasteiger partial charge in [0.15, 0.2) is 0 Å². The van der Waals surface area contributed by atoms with Gasteiger partial charge >= 0.3 is 0 Å². The Kier molecular flexibility index (Phi) is 4.81. The molecule has 0 bridgehead atoms. The van der Waals surface area contributed by atoms with Crippen molar-refractivity contribution in [2.24, 2.45) is 5.92 Å². The van der Waals surface area contributed by atoms with Crippen LogP contribution in [-0.2, 0) is 0 Å². The van der Waals surface area contributed by atoms with Gasteiger partial charge in [0.2, 0.25) is 0 Å². The maximum absolute atomic E-state index is 2.85. The van der Waals surface area contributed by atoms with Crippen LogP contribution in [0.15, 0.2) is 0 Å². The molecule has 0 radical (unpaired) electrons. The Morgan fingerprint density at radius 1 is 0.947 bits per heavy atom. The summed E-state index contributed by atoms with van der Waals surface area (Å²) in [5.74, 6) is 1.05. The molecule has 1 aliphatic carbocycles. The fraction of sp³-hybridized carbons (Fsp3) is 1.00. The van der Waals surface area contributed by atoms with E-state index < -0.39 is 0 Å². The van der Waals surface area contributed by atoms with Crippen molar-refractivity contribution < 1.29 is 0 Å². The number of piperazine rings is 1. The lowest BCUT2D eigenvalue weighted by Gasteiger charge is -2.44. The lowest BCUT2D eigenvalue weighted by Crippen LogP contribution is -2.56. The van der Waals surface area contributed by atoms with Crippen molar-refractivity contribution in [3.05, 3.63) is 0 Å². The number of hydrogen-bond acceptors (Lipinski definition) is 2. The molecule has 2 heteroatoms. The average Bonchev–Trinajstić information content (AvgIpc) is 2.92. The second-order valence-electron chi connectivity index (χ2n) is 7.14. The minimum atomic E-state index is 0.845. The highest BCUT2D eigenvalue weighted by molar-refractivity contribution is 4.91. The van der Waals surface area contributed by atoms with Gasteiger partial charge in [-0.3, -0.25) is 9.80 Å². The van der Waals surface area contributed by atoms with E-state index in [0.717, 1.165) is 18.0 Å². The fourth-order valence-electron chi connectivity index (χ4n) is 4.63. The molecule has 2 saturated heterocycles. The van der Waals surface area contributed by atoms with E-state index in [9.17, 15) is 0 Å². The molecule has 2 aliphatic heterocycles. The van der Waals surface area contributed by atoms with Crippen LogP contribution in [0.5, 0.6) is 0 Å². The topological polar surface area (TPSA) is 6.48 Å². The van der Waals surface area contributed by atoms with Crippen LogP contribution in [0.25, 0.3) is 0 Å². The van der Waals surface area contributed by atoms with Crippen LogP contribution in [0.3, 0.4) is 0 Å². The summed E-state index contributed by atoms with van der Waals surface area (Å²) in [7, 11) is 0. The molecule has 0 aromatic rings. The molecule has 19 heavy (non-hydrogen) atoms. The van der Waals surface area contributed by atoms with Gasteiger partial charge in [0.25, 0.3) is 0 Å². The zero-order valence-electron chi connectivity index (χ0n) is 12.8. The number of nitrogens with zero attached hydrogens (tertiary/aromatic N) is 2. The van der Waals surface area contributed by atoms with Crippen LogP contribution in [0.4, 0.5) is 0 Å². The van der Waals surface area contributed by atoms with Crippen LogP contribution >= 0.6 is 0 Å². The first-order chi connectivity index (χ1) is 9.36. The van der Waals surface area contributed by atoms with Gasteiger partial charge in [-0.15, -0.1) is 0 Å². The molecule has 2 atom stereocenters. The Morgan fingerprint density at radius 2 is 1.79 bits per heavy atom. The van der Waals surface area contributed by atoms with E-state index in [4.69, 9.17) is 0 Å². The Bertz CT molecular complexity index is 272. The van der Waals surface area contributed by atoms with Crippen molar-refractivity contribution >= 4 is 0 Å². The summed E-state index contributed by atoms with van der Waals surface area (Å²) < 4.78 is 0. The Hall–Kier alpha value is -0.0800. The number of rotatable bonds is 4. The van der Waals surface area contributed by atoms with Gasteiger partial charge in [0, 0.05) is 25.2 Å². The Morgan fingerprint density at radius 3 is 2.58 bits per heavy atom.